The van der Waals surface area contributed by atoms with E-state index in [-0.39, 0.29) is 4.90 Å². The van der Waals surface area contributed by atoms with E-state index in [0.717, 1.165) is 0 Å². The maximum Gasteiger partial charge on any atom is 0.330 e. The molecule has 0 aromatic heterocycles. The number of nitrogens with one attached hydrogen (secondary N) is 1. The average Bonchev–Trinajstić information content (AvgIpc) is 2.78. The van der Waals surface area contributed by atoms with Gasteiger partial charge in [0.15, 0.2) is 0 Å². The molecule has 184 valence electrons. The first kappa shape index (κ1) is 25.5. The summed E-state index contributed by atoms with van der Waals surface area (Å²) in [7, 11) is -1.04. The van der Waals surface area contributed by atoms with E-state index in [1.165, 1.54) is 30.9 Å². The molecule has 0 saturated carbocycles. The highest BCUT2D eigenvalue weighted by molar-refractivity contribution is 7.91. The number of hydrogen-bond donors (Lipinski definition) is 1. The third-order valence-corrected chi connectivity index (χ3v) is 6.98. The summed E-state index contributed by atoms with van der Waals surface area (Å²) >= 11 is 0. The van der Waals surface area contributed by atoms with Crippen LogP contribution >= 0.6 is 0 Å². The van der Waals surface area contributed by atoms with Crippen LogP contribution in [-0.4, -0.2) is 39.5 Å². The third kappa shape index (κ3) is 5.87. The van der Waals surface area contributed by atoms with Gasteiger partial charge in [0, 0.05) is 10.6 Å². The number of methoxy groups -OCH3 is 2. The van der Waals surface area contributed by atoms with Crippen LogP contribution in [0.5, 0.6) is 11.5 Å². The third-order valence-electron chi connectivity index (χ3n) is 5.16. The molecule has 0 unspecified atom stereocenters. The molecule has 0 saturated heterocycles. The molecule has 0 radical (unpaired) electrons. The molecule has 3 aromatic carbocycles. The summed E-state index contributed by atoms with van der Waals surface area (Å²) in [5.74, 6) is 0.0477. The largest absolute Gasteiger partial charge is 0.497 e. The van der Waals surface area contributed by atoms with Crippen molar-refractivity contribution in [2.75, 3.05) is 30.3 Å². The second kappa shape index (κ2) is 10.4. The van der Waals surface area contributed by atoms with Gasteiger partial charge in [0.1, 0.15) is 11.5 Å². The highest BCUT2D eigenvalue weighted by Crippen LogP contribution is 2.31. The molecule has 0 aliphatic heterocycles. The Morgan fingerprint density at radius 1 is 0.914 bits per heavy atom. The molecule has 1 N–H and O–H groups in total. The lowest BCUT2D eigenvalue weighted by molar-refractivity contribution is -0.458. The fourth-order valence-electron chi connectivity index (χ4n) is 3.74. The molecule has 3 aromatic rings. The Balaban J connectivity index is 1.98. The number of ether oxygens (including phenoxy) is 2. The summed E-state index contributed by atoms with van der Waals surface area (Å²) in [6.07, 6.45) is 0. The van der Waals surface area contributed by atoms with Gasteiger partial charge in [-0.25, -0.2) is 13.2 Å². The van der Waals surface area contributed by atoms with E-state index in [9.17, 15) is 23.3 Å². The number of nitrogens with zero attached hydrogens (tertiary/aromatic N) is 2. The van der Waals surface area contributed by atoms with E-state index in [0.29, 0.717) is 39.7 Å². The number of hydrogen-bond acceptors (Lipinski definition) is 7. The van der Waals surface area contributed by atoms with Crippen LogP contribution in [0.3, 0.4) is 0 Å². The SMILES string of the molecule is COc1ccc(N(C(=O)Nc2cc(C)c(S(=O)(=O)C[N+](=O)[O-])c(C)c2)c2ccc(OC)cc2)cc1. The predicted octanol–water partition coefficient (Wildman–Crippen LogP) is 4.70. The fourth-order valence-corrected chi connectivity index (χ4v) is 5.25. The Hall–Kier alpha value is -4.12. The number of benzene rings is 3. The van der Waals surface area contributed by atoms with Gasteiger partial charge >= 0.3 is 11.9 Å². The summed E-state index contributed by atoms with van der Waals surface area (Å²) in [5.41, 5.74) is 2.06. The second-order valence-electron chi connectivity index (χ2n) is 7.68. The van der Waals surface area contributed by atoms with Gasteiger partial charge in [-0.05, 0) is 85.6 Å². The van der Waals surface area contributed by atoms with E-state index in [1.54, 1.807) is 62.8 Å². The van der Waals surface area contributed by atoms with Gasteiger partial charge in [0.25, 0.3) is 0 Å². The van der Waals surface area contributed by atoms with Crippen LogP contribution in [0, 0.1) is 24.0 Å². The summed E-state index contributed by atoms with van der Waals surface area (Å²) in [5, 5.41) is 13.6. The number of nitro groups is 1. The van der Waals surface area contributed by atoms with Crippen LogP contribution in [0.1, 0.15) is 11.1 Å². The number of carbonyl (C=O) groups excluding carboxylic acids is 1. The van der Waals surface area contributed by atoms with Crippen molar-refractivity contribution in [3.8, 4) is 11.5 Å². The van der Waals surface area contributed by atoms with Crippen LogP contribution in [0.25, 0.3) is 0 Å². The Kier molecular flexibility index (Phi) is 7.60. The number of rotatable bonds is 8. The molecule has 10 nitrogen and oxygen atoms in total. The van der Waals surface area contributed by atoms with Crippen molar-refractivity contribution in [3.05, 3.63) is 81.9 Å². The van der Waals surface area contributed by atoms with Crippen molar-refractivity contribution in [2.24, 2.45) is 0 Å². The minimum atomic E-state index is -4.13. The normalized spacial score (nSPS) is 11.0. The molecule has 0 spiro atoms. The number of sulfone groups is 1. The zero-order valence-corrected chi connectivity index (χ0v) is 20.5. The van der Waals surface area contributed by atoms with Crippen molar-refractivity contribution in [1.82, 2.24) is 0 Å². The lowest BCUT2D eigenvalue weighted by Crippen LogP contribution is -2.31. The Morgan fingerprint density at radius 3 is 1.71 bits per heavy atom. The van der Waals surface area contributed by atoms with Gasteiger partial charge in [-0.2, -0.15) is 0 Å². The molecule has 0 aliphatic rings. The van der Waals surface area contributed by atoms with Crippen LogP contribution in [0.4, 0.5) is 21.9 Å². The van der Waals surface area contributed by atoms with E-state index >= 15 is 0 Å². The molecular formula is C24H25N3O7S. The number of anilines is 3. The van der Waals surface area contributed by atoms with Crippen LogP contribution < -0.4 is 19.7 Å². The standard InChI is InChI=1S/C24H25N3O7S/c1-16-13-18(14-17(2)23(16)35(31,32)15-26(29)30)25-24(28)27(19-5-9-21(33-3)10-6-19)20-7-11-22(34-4)12-8-20/h5-14H,15H2,1-4H3,(H,25,28). The monoisotopic (exact) mass is 499 g/mol. The van der Waals surface area contributed by atoms with Gasteiger partial charge in [-0.1, -0.05) is 0 Å². The molecular weight excluding hydrogens is 474 g/mol. The fraction of sp³-hybridized carbons (Fsp3) is 0.208. The van der Waals surface area contributed by atoms with Gasteiger partial charge in [-0.15, -0.1) is 0 Å². The maximum atomic E-state index is 13.4. The maximum absolute atomic E-state index is 13.4. The average molecular weight is 500 g/mol. The lowest BCUT2D eigenvalue weighted by atomic mass is 10.1. The predicted molar refractivity (Wildman–Crippen MR) is 132 cm³/mol. The molecule has 0 aliphatic carbocycles. The van der Waals surface area contributed by atoms with Crippen molar-refractivity contribution >= 4 is 32.9 Å². The summed E-state index contributed by atoms with van der Waals surface area (Å²) in [4.78, 5) is 24.7. The van der Waals surface area contributed by atoms with Gasteiger partial charge in [0.2, 0.25) is 9.84 Å². The van der Waals surface area contributed by atoms with Crippen molar-refractivity contribution in [2.45, 2.75) is 18.7 Å². The topological polar surface area (TPSA) is 128 Å². The van der Waals surface area contributed by atoms with E-state index < -0.39 is 26.7 Å². The summed E-state index contributed by atoms with van der Waals surface area (Å²) in [6, 6.07) is 16.3. The van der Waals surface area contributed by atoms with Crippen molar-refractivity contribution in [1.29, 1.82) is 0 Å². The molecule has 3 rings (SSSR count). The minimum absolute atomic E-state index is 0.116. The van der Waals surface area contributed by atoms with Crippen LogP contribution in [0.15, 0.2) is 65.6 Å². The van der Waals surface area contributed by atoms with Gasteiger partial charge in [0.05, 0.1) is 30.5 Å². The Labute approximate surface area is 203 Å². The number of urea groups is 1. The first-order chi connectivity index (χ1) is 16.6. The van der Waals surface area contributed by atoms with E-state index in [1.807, 2.05) is 0 Å². The molecule has 11 heteroatoms. The first-order valence-electron chi connectivity index (χ1n) is 10.4. The molecule has 0 fully saturated rings. The van der Waals surface area contributed by atoms with Gasteiger partial charge in [-0.3, -0.25) is 15.0 Å². The molecule has 0 bridgehead atoms. The van der Waals surface area contributed by atoms with Gasteiger partial charge < -0.3 is 14.8 Å². The minimum Gasteiger partial charge on any atom is -0.497 e. The zero-order chi connectivity index (χ0) is 25.8. The van der Waals surface area contributed by atoms with Crippen molar-refractivity contribution in [3.63, 3.8) is 0 Å². The first-order valence-corrected chi connectivity index (χ1v) is 12.1. The molecule has 0 heterocycles. The number of carbonyl (C=O) groups is 1. The molecule has 0 atom stereocenters. The summed E-state index contributed by atoms with van der Waals surface area (Å²) in [6.45, 7) is 3.06. The smallest absolute Gasteiger partial charge is 0.330 e. The Bertz CT molecular complexity index is 1270. The van der Waals surface area contributed by atoms with E-state index in [4.69, 9.17) is 9.47 Å². The van der Waals surface area contributed by atoms with Crippen LogP contribution in [0.2, 0.25) is 0 Å². The van der Waals surface area contributed by atoms with E-state index in [2.05, 4.69) is 5.32 Å². The quantitative estimate of drug-likeness (QED) is 0.351. The van der Waals surface area contributed by atoms with Crippen LogP contribution in [-0.2, 0) is 9.84 Å². The molecule has 35 heavy (non-hydrogen) atoms. The number of aryl methyl sites for hydroxylation is 2. The Morgan fingerprint density at radius 2 is 1.34 bits per heavy atom. The van der Waals surface area contributed by atoms with Crippen molar-refractivity contribution < 1.29 is 27.6 Å². The summed E-state index contributed by atoms with van der Waals surface area (Å²) < 4.78 is 35.3. The lowest BCUT2D eigenvalue weighted by Gasteiger charge is -2.24. The molecule has 2 amide bonds. The number of amides is 2. The zero-order valence-electron chi connectivity index (χ0n) is 19.6. The highest BCUT2D eigenvalue weighted by atomic mass is 32.2. The second-order valence-corrected chi connectivity index (χ2v) is 9.57. The highest BCUT2D eigenvalue weighted by Gasteiger charge is 2.26.